The second-order valence-electron chi connectivity index (χ2n) is 8.72. The molecule has 184 valence electrons. The van der Waals surface area contributed by atoms with Crippen molar-refractivity contribution >= 4 is 29.1 Å². The van der Waals surface area contributed by atoms with Crippen molar-refractivity contribution in [1.29, 1.82) is 0 Å². The summed E-state index contributed by atoms with van der Waals surface area (Å²) in [6, 6.07) is 17.3. The van der Waals surface area contributed by atoms with Gasteiger partial charge in [0.25, 0.3) is 5.91 Å². The molecule has 1 aliphatic heterocycles. The number of aromatic nitrogens is 2. The molecule has 0 saturated carbocycles. The maximum atomic E-state index is 14.3. The highest BCUT2D eigenvalue weighted by Gasteiger charge is 2.38. The van der Waals surface area contributed by atoms with Crippen molar-refractivity contribution in [3.63, 3.8) is 0 Å². The standard InChI is InChI=1S/C27H21Cl2F2N3O2/c28-17-5-8-19(9-6-17)34-16-24(32-25(34)20-3-1-2-4-22(20)29)26(35)33-13-11-27(36,12-14-33)21-15-18(30)7-10-23(21)31/h1-10,15-16,36H,11-14H2. The number of likely N-dealkylation sites (tertiary alicyclic amines) is 1. The number of carbonyl (C=O) groups excluding carboxylic acids is 1. The van der Waals surface area contributed by atoms with Gasteiger partial charge in [-0.1, -0.05) is 35.3 Å². The normalized spacial score (nSPS) is 15.2. The lowest BCUT2D eigenvalue weighted by molar-refractivity contribution is -0.0239. The van der Waals surface area contributed by atoms with Crippen molar-refractivity contribution in [2.45, 2.75) is 18.4 Å². The molecule has 5 rings (SSSR count). The van der Waals surface area contributed by atoms with E-state index in [1.807, 2.05) is 30.3 Å². The zero-order chi connectivity index (χ0) is 25.4. The molecule has 1 N–H and O–H groups in total. The maximum absolute atomic E-state index is 14.3. The first-order valence-corrected chi connectivity index (χ1v) is 12.1. The highest BCUT2D eigenvalue weighted by molar-refractivity contribution is 6.33. The number of piperidine rings is 1. The molecule has 5 nitrogen and oxygen atoms in total. The molecule has 0 unspecified atom stereocenters. The molecule has 36 heavy (non-hydrogen) atoms. The molecule has 1 aliphatic rings. The second kappa shape index (κ2) is 9.65. The predicted octanol–water partition coefficient (Wildman–Crippen LogP) is 6.25. The molecule has 9 heteroatoms. The summed E-state index contributed by atoms with van der Waals surface area (Å²) in [4.78, 5) is 19.6. The third-order valence-electron chi connectivity index (χ3n) is 6.45. The van der Waals surface area contributed by atoms with Gasteiger partial charge in [-0.3, -0.25) is 9.36 Å². The molecule has 0 atom stereocenters. The van der Waals surface area contributed by atoms with Crippen molar-refractivity contribution in [1.82, 2.24) is 14.5 Å². The lowest BCUT2D eigenvalue weighted by Gasteiger charge is -2.38. The summed E-state index contributed by atoms with van der Waals surface area (Å²) < 4.78 is 29.8. The fraction of sp³-hybridized carbons (Fsp3) is 0.185. The molecule has 1 aromatic heterocycles. The van der Waals surface area contributed by atoms with E-state index in [2.05, 4.69) is 4.98 Å². The lowest BCUT2D eigenvalue weighted by atomic mass is 9.84. The maximum Gasteiger partial charge on any atom is 0.274 e. The van der Waals surface area contributed by atoms with E-state index in [0.29, 0.717) is 21.4 Å². The molecule has 0 aliphatic carbocycles. The van der Waals surface area contributed by atoms with Crippen LogP contribution in [-0.4, -0.2) is 38.6 Å². The number of rotatable bonds is 4. The highest BCUT2D eigenvalue weighted by Crippen LogP contribution is 2.36. The summed E-state index contributed by atoms with van der Waals surface area (Å²) in [6.07, 6.45) is 1.76. The van der Waals surface area contributed by atoms with Crippen LogP contribution in [0.3, 0.4) is 0 Å². The van der Waals surface area contributed by atoms with Gasteiger partial charge in [-0.15, -0.1) is 0 Å². The fourth-order valence-corrected chi connectivity index (χ4v) is 4.83. The van der Waals surface area contributed by atoms with Crippen LogP contribution in [-0.2, 0) is 5.60 Å². The first-order valence-electron chi connectivity index (χ1n) is 11.3. The van der Waals surface area contributed by atoms with Crippen LogP contribution in [0.5, 0.6) is 0 Å². The Morgan fingerprint density at radius 1 is 0.972 bits per heavy atom. The first-order chi connectivity index (χ1) is 17.2. The van der Waals surface area contributed by atoms with E-state index in [9.17, 15) is 18.7 Å². The summed E-state index contributed by atoms with van der Waals surface area (Å²) in [5.74, 6) is -1.15. The zero-order valence-electron chi connectivity index (χ0n) is 19.0. The predicted molar refractivity (Wildman–Crippen MR) is 134 cm³/mol. The van der Waals surface area contributed by atoms with E-state index in [0.717, 1.165) is 23.9 Å². The summed E-state index contributed by atoms with van der Waals surface area (Å²) >= 11 is 12.5. The molecule has 2 heterocycles. The monoisotopic (exact) mass is 527 g/mol. The molecule has 1 fully saturated rings. The van der Waals surface area contributed by atoms with Crippen LogP contribution >= 0.6 is 23.2 Å². The van der Waals surface area contributed by atoms with E-state index in [-0.39, 0.29) is 43.1 Å². The highest BCUT2D eigenvalue weighted by atomic mass is 35.5. The number of imidazole rings is 1. The van der Waals surface area contributed by atoms with Crippen molar-refractivity contribution in [2.24, 2.45) is 0 Å². The third kappa shape index (κ3) is 4.62. The van der Waals surface area contributed by atoms with Gasteiger partial charge in [0.1, 0.15) is 23.2 Å². The summed E-state index contributed by atoms with van der Waals surface area (Å²) in [5, 5.41) is 12.1. The second-order valence-corrected chi connectivity index (χ2v) is 9.57. The first kappa shape index (κ1) is 24.4. The number of carbonyl (C=O) groups is 1. The largest absolute Gasteiger partial charge is 0.385 e. The Bertz CT molecular complexity index is 1430. The summed E-state index contributed by atoms with van der Waals surface area (Å²) in [5.41, 5.74) is -0.0583. The minimum atomic E-state index is -1.56. The van der Waals surface area contributed by atoms with Crippen LogP contribution < -0.4 is 0 Å². The van der Waals surface area contributed by atoms with Crippen molar-refractivity contribution in [3.05, 3.63) is 106 Å². The molecular weight excluding hydrogens is 507 g/mol. The molecule has 1 amide bonds. The van der Waals surface area contributed by atoms with E-state index in [4.69, 9.17) is 23.2 Å². The lowest BCUT2D eigenvalue weighted by Crippen LogP contribution is -2.45. The average molecular weight is 528 g/mol. The third-order valence-corrected chi connectivity index (χ3v) is 7.03. The van der Waals surface area contributed by atoms with Gasteiger partial charge in [0.05, 0.1) is 10.6 Å². The Hall–Kier alpha value is -3.26. The molecule has 3 aromatic carbocycles. The van der Waals surface area contributed by atoms with Gasteiger partial charge < -0.3 is 10.0 Å². The number of benzene rings is 3. The minimum absolute atomic E-state index is 0.0639. The Kier molecular flexibility index (Phi) is 6.55. The number of amides is 1. The van der Waals surface area contributed by atoms with Crippen molar-refractivity contribution in [3.8, 4) is 17.1 Å². The van der Waals surface area contributed by atoms with Gasteiger partial charge in [0.15, 0.2) is 0 Å². The van der Waals surface area contributed by atoms with Crippen molar-refractivity contribution in [2.75, 3.05) is 13.1 Å². The molecular formula is C27H21Cl2F2N3O2. The Labute approximate surface area is 216 Å². The zero-order valence-corrected chi connectivity index (χ0v) is 20.5. The quantitative estimate of drug-likeness (QED) is 0.341. The Morgan fingerprint density at radius 2 is 1.67 bits per heavy atom. The fourth-order valence-electron chi connectivity index (χ4n) is 4.48. The van der Waals surface area contributed by atoms with Crippen LogP contribution in [0.1, 0.15) is 28.9 Å². The smallest absolute Gasteiger partial charge is 0.274 e. The van der Waals surface area contributed by atoms with Gasteiger partial charge in [0.2, 0.25) is 0 Å². The van der Waals surface area contributed by atoms with Crippen LogP contribution in [0.25, 0.3) is 17.1 Å². The molecule has 4 aromatic rings. The van der Waals surface area contributed by atoms with Crippen LogP contribution in [0.2, 0.25) is 10.0 Å². The average Bonchev–Trinajstić information content (AvgIpc) is 3.31. The van der Waals surface area contributed by atoms with Crippen molar-refractivity contribution < 1.29 is 18.7 Å². The SMILES string of the molecule is O=C(c1cn(-c2ccc(Cl)cc2)c(-c2ccccc2Cl)n1)N1CCC(O)(c2cc(F)ccc2F)CC1. The van der Waals surface area contributed by atoms with Crippen LogP contribution in [0, 0.1) is 11.6 Å². The van der Waals surface area contributed by atoms with Gasteiger partial charge in [-0.25, -0.2) is 13.8 Å². The molecule has 0 radical (unpaired) electrons. The number of aliphatic hydroxyl groups is 1. The Balaban J connectivity index is 1.44. The van der Waals surface area contributed by atoms with E-state index >= 15 is 0 Å². The van der Waals surface area contributed by atoms with Gasteiger partial charge in [-0.2, -0.15) is 0 Å². The minimum Gasteiger partial charge on any atom is -0.385 e. The number of nitrogens with zero attached hydrogens (tertiary/aromatic N) is 3. The Morgan fingerprint density at radius 3 is 2.36 bits per heavy atom. The molecule has 0 bridgehead atoms. The summed E-state index contributed by atoms with van der Waals surface area (Å²) in [6.45, 7) is 0.307. The van der Waals surface area contributed by atoms with E-state index in [1.165, 1.54) is 0 Å². The van der Waals surface area contributed by atoms with Crippen LogP contribution in [0.15, 0.2) is 72.9 Å². The van der Waals surface area contributed by atoms with E-state index < -0.39 is 17.2 Å². The molecule has 1 saturated heterocycles. The van der Waals surface area contributed by atoms with Crippen LogP contribution in [0.4, 0.5) is 8.78 Å². The summed E-state index contributed by atoms with van der Waals surface area (Å²) in [7, 11) is 0. The topological polar surface area (TPSA) is 58.4 Å². The van der Waals surface area contributed by atoms with Gasteiger partial charge in [0, 0.05) is 41.1 Å². The van der Waals surface area contributed by atoms with Gasteiger partial charge >= 0.3 is 0 Å². The number of hydrogen-bond donors (Lipinski definition) is 1. The number of hydrogen-bond acceptors (Lipinski definition) is 3. The van der Waals surface area contributed by atoms with Gasteiger partial charge in [-0.05, 0) is 67.4 Å². The molecule has 0 spiro atoms. The number of halogens is 4. The van der Waals surface area contributed by atoms with E-state index in [1.54, 1.807) is 33.9 Å².